The summed E-state index contributed by atoms with van der Waals surface area (Å²) in [7, 11) is 0. The lowest BCUT2D eigenvalue weighted by Crippen LogP contribution is -2.34. The van der Waals surface area contributed by atoms with Crippen LogP contribution in [0, 0.1) is 0 Å². The van der Waals surface area contributed by atoms with Crippen molar-refractivity contribution in [2.45, 2.75) is 58.8 Å². The van der Waals surface area contributed by atoms with E-state index in [-0.39, 0.29) is 37.6 Å². The van der Waals surface area contributed by atoms with Crippen LogP contribution >= 0.6 is 0 Å². The topological polar surface area (TPSA) is 122 Å². The predicted octanol–water partition coefficient (Wildman–Crippen LogP) is 6.11. The zero-order valence-corrected chi connectivity index (χ0v) is 27.4. The summed E-state index contributed by atoms with van der Waals surface area (Å²) in [5, 5.41) is 8.01. The van der Waals surface area contributed by atoms with Gasteiger partial charge in [0.25, 0.3) is 0 Å². The maximum Gasteiger partial charge on any atom is 0.320 e. The molecule has 0 spiro atoms. The molecule has 0 bridgehead atoms. The highest BCUT2D eigenvalue weighted by atomic mass is 16.6. The van der Waals surface area contributed by atoms with Crippen LogP contribution in [0.1, 0.15) is 51.4 Å². The molecule has 10 heteroatoms. The number of esters is 2. The lowest BCUT2D eigenvalue weighted by atomic mass is 10.00. The molecule has 1 aliphatic heterocycles. The Labute approximate surface area is 274 Å². The summed E-state index contributed by atoms with van der Waals surface area (Å²) in [6.45, 7) is 9.64. The van der Waals surface area contributed by atoms with E-state index in [0.717, 1.165) is 57.0 Å². The summed E-state index contributed by atoms with van der Waals surface area (Å²) in [6.07, 6.45) is 2.69. The normalized spacial score (nSPS) is 15.3. The number of nitrogens with two attached hydrogens (primary N) is 1. The SMILES string of the molecule is CCOC(=O)Cc1ccccc1OCc1nn(C2CCN(CC(=O)OC(C)(C)C)C2)c2ccc(-c3ccc4ccnc(N)c4c3)cc12. The molecular weight excluding hydrogens is 594 g/mol. The van der Waals surface area contributed by atoms with Gasteiger partial charge in [-0.3, -0.25) is 19.2 Å². The van der Waals surface area contributed by atoms with Crippen LogP contribution in [0.5, 0.6) is 5.75 Å². The third-order valence-corrected chi connectivity index (χ3v) is 8.26. The highest BCUT2D eigenvalue weighted by Crippen LogP contribution is 2.34. The molecule has 1 saturated heterocycles. The van der Waals surface area contributed by atoms with Crippen LogP contribution in [0.3, 0.4) is 0 Å². The number of carbonyl (C=O) groups excluding carboxylic acids is 2. The average Bonchev–Trinajstić information content (AvgIpc) is 3.64. The average molecular weight is 636 g/mol. The van der Waals surface area contributed by atoms with Crippen LogP contribution < -0.4 is 10.5 Å². The molecule has 10 nitrogen and oxygen atoms in total. The van der Waals surface area contributed by atoms with Gasteiger partial charge in [-0.25, -0.2) is 4.98 Å². The van der Waals surface area contributed by atoms with Crippen molar-refractivity contribution in [1.82, 2.24) is 19.7 Å². The largest absolute Gasteiger partial charge is 0.487 e. The molecule has 1 unspecified atom stereocenters. The second kappa shape index (κ2) is 13.4. The molecule has 0 radical (unpaired) electrons. The highest BCUT2D eigenvalue weighted by molar-refractivity contribution is 5.95. The third kappa shape index (κ3) is 7.38. The van der Waals surface area contributed by atoms with Crippen molar-refractivity contribution in [2.24, 2.45) is 0 Å². The number of anilines is 1. The third-order valence-electron chi connectivity index (χ3n) is 8.26. The van der Waals surface area contributed by atoms with Gasteiger partial charge in [0.15, 0.2) is 0 Å². The van der Waals surface area contributed by atoms with E-state index < -0.39 is 5.60 Å². The molecule has 2 N–H and O–H groups in total. The molecule has 0 aliphatic carbocycles. The van der Waals surface area contributed by atoms with Crippen molar-refractivity contribution in [3.63, 3.8) is 0 Å². The monoisotopic (exact) mass is 635 g/mol. The first-order valence-electron chi connectivity index (χ1n) is 16.0. The molecule has 5 aromatic rings. The standard InChI is InChI=1S/C37H41N5O5/c1-5-45-34(43)20-27-8-6-7-9-33(27)46-23-31-30-19-26(25-11-10-24-14-16-39-36(38)29(24)18-25)12-13-32(30)42(40-31)28-15-17-41(21-28)22-35(44)47-37(2,3)4/h6-14,16,18-19,28H,5,15,17,20-23H2,1-4H3,(H2,38,39). The Morgan fingerprint density at radius 1 is 0.979 bits per heavy atom. The number of likely N-dealkylation sites (tertiary alicyclic amines) is 1. The van der Waals surface area contributed by atoms with E-state index in [2.05, 4.69) is 51.0 Å². The van der Waals surface area contributed by atoms with Gasteiger partial charge in [0, 0.05) is 35.6 Å². The molecule has 3 heterocycles. The molecule has 47 heavy (non-hydrogen) atoms. The van der Waals surface area contributed by atoms with Gasteiger partial charge in [0.2, 0.25) is 0 Å². The Balaban J connectivity index is 1.32. The van der Waals surface area contributed by atoms with Crippen molar-refractivity contribution >= 4 is 39.4 Å². The summed E-state index contributed by atoms with van der Waals surface area (Å²) in [5.74, 6) is 0.577. The number of hydrogen-bond donors (Lipinski definition) is 1. The number of aromatic nitrogens is 3. The zero-order valence-electron chi connectivity index (χ0n) is 27.4. The maximum atomic E-state index is 12.6. The Morgan fingerprint density at radius 2 is 1.74 bits per heavy atom. The number of nitrogens with zero attached hydrogens (tertiary/aromatic N) is 4. The summed E-state index contributed by atoms with van der Waals surface area (Å²) >= 11 is 0. The Kier molecular flexibility index (Phi) is 9.13. The fourth-order valence-electron chi connectivity index (χ4n) is 6.16. The smallest absolute Gasteiger partial charge is 0.320 e. The molecule has 0 amide bonds. The quantitative estimate of drug-likeness (QED) is 0.181. The molecule has 0 saturated carbocycles. The number of fused-ring (bicyclic) bond motifs is 2. The molecular formula is C37H41N5O5. The summed E-state index contributed by atoms with van der Waals surface area (Å²) in [6, 6.07) is 22.1. The second-order valence-corrected chi connectivity index (χ2v) is 12.9. The van der Waals surface area contributed by atoms with Crippen LogP contribution in [0.2, 0.25) is 0 Å². The van der Waals surface area contributed by atoms with Gasteiger partial charge in [-0.15, -0.1) is 0 Å². The van der Waals surface area contributed by atoms with Crippen LogP contribution in [-0.2, 0) is 32.1 Å². The minimum atomic E-state index is -0.525. The number of carbonyl (C=O) groups is 2. The van der Waals surface area contributed by atoms with Gasteiger partial charge in [0.05, 0.1) is 31.1 Å². The number of pyridine rings is 1. The number of benzene rings is 3. The van der Waals surface area contributed by atoms with E-state index >= 15 is 0 Å². The number of nitrogen functional groups attached to an aromatic ring is 1. The lowest BCUT2D eigenvalue weighted by molar-refractivity contribution is -0.155. The lowest BCUT2D eigenvalue weighted by Gasteiger charge is -2.22. The van der Waals surface area contributed by atoms with Gasteiger partial charge in [-0.05, 0) is 81.0 Å². The first-order valence-corrected chi connectivity index (χ1v) is 16.0. The van der Waals surface area contributed by atoms with Crippen LogP contribution in [0.15, 0.2) is 72.9 Å². The molecule has 6 rings (SSSR count). The molecule has 3 aromatic carbocycles. The number of hydrogen-bond acceptors (Lipinski definition) is 9. The Bertz CT molecular complexity index is 1930. The minimum Gasteiger partial charge on any atom is -0.487 e. The second-order valence-electron chi connectivity index (χ2n) is 12.9. The number of para-hydroxylation sites is 1. The molecule has 1 fully saturated rings. The van der Waals surface area contributed by atoms with Gasteiger partial charge >= 0.3 is 11.9 Å². The minimum absolute atomic E-state index is 0.0715. The van der Waals surface area contributed by atoms with Crippen LogP contribution in [-0.4, -0.2) is 63.4 Å². The first kappa shape index (κ1) is 32.0. The first-order chi connectivity index (χ1) is 22.6. The number of ether oxygens (including phenoxy) is 3. The number of rotatable bonds is 10. The molecule has 1 atom stereocenters. The summed E-state index contributed by atoms with van der Waals surface area (Å²) in [4.78, 5) is 31.2. The van der Waals surface area contributed by atoms with Gasteiger partial charge in [-0.2, -0.15) is 5.10 Å². The predicted molar refractivity (Wildman–Crippen MR) is 182 cm³/mol. The Morgan fingerprint density at radius 3 is 2.53 bits per heavy atom. The van der Waals surface area contributed by atoms with E-state index in [0.29, 0.717) is 24.7 Å². The van der Waals surface area contributed by atoms with E-state index in [4.69, 9.17) is 25.0 Å². The summed E-state index contributed by atoms with van der Waals surface area (Å²) < 4.78 is 19.2. The van der Waals surface area contributed by atoms with E-state index in [9.17, 15) is 9.59 Å². The van der Waals surface area contributed by atoms with Crippen molar-refractivity contribution in [2.75, 3.05) is 32.0 Å². The highest BCUT2D eigenvalue weighted by Gasteiger charge is 2.29. The molecule has 2 aromatic heterocycles. The van der Waals surface area contributed by atoms with Crippen LogP contribution in [0.4, 0.5) is 5.82 Å². The van der Waals surface area contributed by atoms with Gasteiger partial charge < -0.3 is 19.9 Å². The fraction of sp³-hybridized carbons (Fsp3) is 0.351. The van der Waals surface area contributed by atoms with Gasteiger partial charge in [-0.1, -0.05) is 36.4 Å². The molecule has 244 valence electrons. The van der Waals surface area contributed by atoms with Gasteiger partial charge in [0.1, 0.15) is 29.5 Å². The maximum absolute atomic E-state index is 12.6. The van der Waals surface area contributed by atoms with Crippen LogP contribution in [0.25, 0.3) is 32.8 Å². The van der Waals surface area contributed by atoms with E-state index in [1.165, 1.54) is 0 Å². The van der Waals surface area contributed by atoms with E-state index in [1.807, 2.05) is 51.1 Å². The fourth-order valence-corrected chi connectivity index (χ4v) is 6.16. The van der Waals surface area contributed by atoms with Crippen molar-refractivity contribution < 1.29 is 23.8 Å². The zero-order chi connectivity index (χ0) is 33.1. The van der Waals surface area contributed by atoms with E-state index in [1.54, 1.807) is 13.1 Å². The summed E-state index contributed by atoms with van der Waals surface area (Å²) in [5.41, 5.74) is 10.2. The van der Waals surface area contributed by atoms with Crippen molar-refractivity contribution in [3.05, 3.63) is 84.2 Å². The van der Waals surface area contributed by atoms with Crippen molar-refractivity contribution in [1.29, 1.82) is 0 Å². The molecule has 1 aliphatic rings. The Hall–Kier alpha value is -4.96. The van der Waals surface area contributed by atoms with Crippen molar-refractivity contribution in [3.8, 4) is 16.9 Å².